The molecular formula is C4HCl2N3O2. The molecule has 0 bridgehead atoms. The summed E-state index contributed by atoms with van der Waals surface area (Å²) >= 11 is 10.6. The Morgan fingerprint density at radius 2 is 1.64 bits per heavy atom. The third-order valence-corrected chi connectivity index (χ3v) is 1.11. The van der Waals surface area contributed by atoms with Crippen LogP contribution in [-0.2, 0) is 0 Å². The summed E-state index contributed by atoms with van der Waals surface area (Å²) in [5.41, 5.74) is 0. The van der Waals surface area contributed by atoms with Gasteiger partial charge in [0.15, 0.2) is 0 Å². The van der Waals surface area contributed by atoms with Crippen LogP contribution in [0.15, 0.2) is 0 Å². The first-order valence-corrected chi connectivity index (χ1v) is 3.15. The lowest BCUT2D eigenvalue weighted by molar-refractivity contribution is 0.0683. The first-order chi connectivity index (χ1) is 5.09. The molecular weight excluding hydrogens is 193 g/mol. The van der Waals surface area contributed by atoms with Gasteiger partial charge in [-0.15, -0.1) is 0 Å². The van der Waals surface area contributed by atoms with E-state index in [2.05, 4.69) is 15.0 Å². The van der Waals surface area contributed by atoms with Crippen LogP contribution in [0, 0.1) is 0 Å². The molecule has 0 aliphatic carbocycles. The van der Waals surface area contributed by atoms with Crippen LogP contribution in [-0.4, -0.2) is 26.0 Å². The fourth-order valence-electron chi connectivity index (χ4n) is 0.422. The first-order valence-electron chi connectivity index (χ1n) is 2.40. The van der Waals surface area contributed by atoms with Gasteiger partial charge in [0, 0.05) is 0 Å². The fourth-order valence-corrected chi connectivity index (χ4v) is 0.785. The van der Waals surface area contributed by atoms with Crippen molar-refractivity contribution >= 4 is 29.2 Å². The van der Waals surface area contributed by atoms with E-state index in [0.717, 1.165) is 0 Å². The van der Waals surface area contributed by atoms with Gasteiger partial charge in [0.05, 0.1) is 0 Å². The number of rotatable bonds is 1. The summed E-state index contributed by atoms with van der Waals surface area (Å²) in [6.45, 7) is 0. The van der Waals surface area contributed by atoms with Crippen molar-refractivity contribution in [3.63, 3.8) is 0 Å². The van der Waals surface area contributed by atoms with Crippen molar-refractivity contribution in [3.8, 4) is 0 Å². The van der Waals surface area contributed by atoms with Gasteiger partial charge in [-0.05, 0) is 23.2 Å². The molecule has 0 aromatic carbocycles. The van der Waals surface area contributed by atoms with E-state index < -0.39 is 11.8 Å². The van der Waals surface area contributed by atoms with E-state index in [-0.39, 0.29) is 10.6 Å². The highest BCUT2D eigenvalue weighted by atomic mass is 35.5. The predicted molar refractivity (Wildman–Crippen MR) is 36.8 cm³/mol. The summed E-state index contributed by atoms with van der Waals surface area (Å²) in [4.78, 5) is 20.2. The average Bonchev–Trinajstić information content (AvgIpc) is 1.85. The van der Waals surface area contributed by atoms with E-state index in [1.807, 2.05) is 0 Å². The molecule has 0 radical (unpaired) electrons. The Balaban J connectivity index is 3.19. The van der Waals surface area contributed by atoms with Gasteiger partial charge < -0.3 is 5.11 Å². The SMILES string of the molecule is O=C(O)c1nc(Cl)nc(Cl)n1. The molecule has 1 N–H and O–H groups in total. The highest BCUT2D eigenvalue weighted by Crippen LogP contribution is 2.05. The zero-order chi connectivity index (χ0) is 8.43. The number of carboxylic acids is 1. The topological polar surface area (TPSA) is 76.0 Å². The number of halogens is 2. The van der Waals surface area contributed by atoms with E-state index in [1.165, 1.54) is 0 Å². The molecule has 11 heavy (non-hydrogen) atoms. The summed E-state index contributed by atoms with van der Waals surface area (Å²) < 4.78 is 0. The van der Waals surface area contributed by atoms with Crippen molar-refractivity contribution in [2.45, 2.75) is 0 Å². The fraction of sp³-hybridized carbons (Fsp3) is 0. The number of aromatic nitrogens is 3. The summed E-state index contributed by atoms with van der Waals surface area (Å²) in [6, 6.07) is 0. The molecule has 0 saturated carbocycles. The van der Waals surface area contributed by atoms with Crippen LogP contribution in [0.1, 0.15) is 10.6 Å². The molecule has 0 saturated heterocycles. The van der Waals surface area contributed by atoms with Crippen LogP contribution in [0.3, 0.4) is 0 Å². The number of hydrogen-bond donors (Lipinski definition) is 1. The van der Waals surface area contributed by atoms with E-state index in [0.29, 0.717) is 0 Å². The third-order valence-electron chi connectivity index (χ3n) is 0.772. The van der Waals surface area contributed by atoms with Gasteiger partial charge in [0.25, 0.3) is 0 Å². The van der Waals surface area contributed by atoms with Crippen molar-refractivity contribution in [3.05, 3.63) is 16.4 Å². The monoisotopic (exact) mass is 193 g/mol. The van der Waals surface area contributed by atoms with Crippen LogP contribution >= 0.6 is 23.2 Å². The maximum atomic E-state index is 10.2. The Kier molecular flexibility index (Phi) is 2.21. The van der Waals surface area contributed by atoms with E-state index in [4.69, 9.17) is 28.3 Å². The average molecular weight is 194 g/mol. The Morgan fingerprint density at radius 3 is 2.00 bits per heavy atom. The zero-order valence-corrected chi connectivity index (χ0v) is 6.46. The predicted octanol–water partition coefficient (Wildman–Crippen LogP) is 0.877. The van der Waals surface area contributed by atoms with Gasteiger partial charge in [-0.3, -0.25) is 0 Å². The maximum absolute atomic E-state index is 10.2. The molecule has 1 rings (SSSR count). The molecule has 0 atom stereocenters. The largest absolute Gasteiger partial charge is 0.475 e. The number of aromatic carboxylic acids is 1. The number of hydrogen-bond acceptors (Lipinski definition) is 4. The second kappa shape index (κ2) is 2.98. The van der Waals surface area contributed by atoms with Crippen LogP contribution in [0.25, 0.3) is 0 Å². The maximum Gasteiger partial charge on any atom is 0.374 e. The zero-order valence-electron chi connectivity index (χ0n) is 4.95. The first kappa shape index (κ1) is 8.16. The normalized spacial score (nSPS) is 9.64. The molecule has 1 aromatic rings. The van der Waals surface area contributed by atoms with Gasteiger partial charge in [-0.25, -0.2) is 4.79 Å². The van der Waals surface area contributed by atoms with Crippen LogP contribution in [0.2, 0.25) is 10.6 Å². The van der Waals surface area contributed by atoms with Crippen molar-refractivity contribution in [1.29, 1.82) is 0 Å². The van der Waals surface area contributed by atoms with Gasteiger partial charge in [0.2, 0.25) is 16.4 Å². The standard InChI is InChI=1S/C4HCl2N3O2/c5-3-7-1(2(10)11)8-4(6)9-3/h(H,10,11). The van der Waals surface area contributed by atoms with Gasteiger partial charge in [0.1, 0.15) is 0 Å². The summed E-state index contributed by atoms with van der Waals surface area (Å²) in [7, 11) is 0. The second-order valence-electron chi connectivity index (χ2n) is 1.50. The minimum absolute atomic E-state index is 0.234. The van der Waals surface area contributed by atoms with Crippen molar-refractivity contribution < 1.29 is 9.90 Å². The Hall–Kier alpha value is -0.940. The lowest BCUT2D eigenvalue weighted by atomic mass is 10.6. The van der Waals surface area contributed by atoms with E-state index >= 15 is 0 Å². The molecule has 7 heteroatoms. The minimum atomic E-state index is -1.30. The quantitative estimate of drug-likeness (QED) is 0.717. The molecule has 0 amide bonds. The van der Waals surface area contributed by atoms with E-state index in [9.17, 15) is 4.79 Å². The van der Waals surface area contributed by atoms with E-state index in [1.54, 1.807) is 0 Å². The molecule has 0 spiro atoms. The number of carboxylic acid groups (broad SMARTS) is 1. The Bertz CT molecular complexity index is 283. The number of nitrogens with zero attached hydrogens (tertiary/aromatic N) is 3. The van der Waals surface area contributed by atoms with Crippen LogP contribution in [0.4, 0.5) is 0 Å². The molecule has 58 valence electrons. The summed E-state index contributed by atoms with van der Waals surface area (Å²) in [5.74, 6) is -1.76. The van der Waals surface area contributed by atoms with Crippen molar-refractivity contribution in [1.82, 2.24) is 15.0 Å². The molecule has 5 nitrogen and oxygen atoms in total. The molecule has 0 aliphatic heterocycles. The highest BCUT2D eigenvalue weighted by Gasteiger charge is 2.09. The highest BCUT2D eigenvalue weighted by molar-refractivity contribution is 6.31. The second-order valence-corrected chi connectivity index (χ2v) is 2.18. The van der Waals surface area contributed by atoms with Crippen molar-refractivity contribution in [2.75, 3.05) is 0 Å². The molecule has 0 unspecified atom stereocenters. The molecule has 1 heterocycles. The third kappa shape index (κ3) is 1.99. The van der Waals surface area contributed by atoms with Gasteiger partial charge >= 0.3 is 5.97 Å². The summed E-state index contributed by atoms with van der Waals surface area (Å²) in [5, 5.41) is 7.90. The van der Waals surface area contributed by atoms with Crippen LogP contribution in [0.5, 0.6) is 0 Å². The minimum Gasteiger partial charge on any atom is -0.475 e. The molecule has 0 aliphatic rings. The van der Waals surface area contributed by atoms with Crippen LogP contribution < -0.4 is 0 Å². The number of carbonyl (C=O) groups is 1. The Morgan fingerprint density at radius 1 is 1.18 bits per heavy atom. The summed E-state index contributed by atoms with van der Waals surface area (Å²) in [6.07, 6.45) is 0. The van der Waals surface area contributed by atoms with Crippen molar-refractivity contribution in [2.24, 2.45) is 0 Å². The molecule has 1 aromatic heterocycles. The Labute approximate surface area is 71.0 Å². The lowest BCUT2D eigenvalue weighted by Crippen LogP contribution is -2.05. The van der Waals surface area contributed by atoms with Gasteiger partial charge in [-0.2, -0.15) is 15.0 Å². The molecule has 0 fully saturated rings. The van der Waals surface area contributed by atoms with Gasteiger partial charge in [-0.1, -0.05) is 0 Å². The lowest BCUT2D eigenvalue weighted by Gasteiger charge is -1.92. The smallest absolute Gasteiger partial charge is 0.374 e.